The number of aryl methyl sites for hydroxylation is 1. The molecule has 14 heavy (non-hydrogen) atoms. The van der Waals surface area contributed by atoms with Crippen molar-refractivity contribution in [2.75, 3.05) is 12.3 Å². The van der Waals surface area contributed by atoms with Crippen LogP contribution in [-0.2, 0) is 12.8 Å². The van der Waals surface area contributed by atoms with E-state index >= 15 is 0 Å². The Morgan fingerprint density at radius 3 is 2.79 bits per heavy atom. The van der Waals surface area contributed by atoms with Crippen LogP contribution in [0.15, 0.2) is 12.1 Å². The van der Waals surface area contributed by atoms with E-state index in [0.29, 0.717) is 6.54 Å². The smallest absolute Gasteiger partial charge is 0.0440 e. The minimum absolute atomic E-state index is 0.124. The molecule has 3 nitrogen and oxygen atoms in total. The number of benzene rings is 1. The van der Waals surface area contributed by atoms with Crippen LogP contribution in [0.3, 0.4) is 0 Å². The van der Waals surface area contributed by atoms with Gasteiger partial charge in [-0.2, -0.15) is 0 Å². The van der Waals surface area contributed by atoms with E-state index in [-0.39, 0.29) is 6.04 Å². The number of anilines is 1. The Kier molecular flexibility index (Phi) is 2.44. The van der Waals surface area contributed by atoms with Crippen LogP contribution in [0.1, 0.15) is 29.2 Å². The molecule has 1 aromatic rings. The van der Waals surface area contributed by atoms with Crippen molar-refractivity contribution in [3.05, 3.63) is 28.8 Å². The molecule has 0 saturated carbocycles. The number of hydrogen-bond acceptors (Lipinski definition) is 3. The molecule has 0 bridgehead atoms. The van der Waals surface area contributed by atoms with Crippen LogP contribution in [0.5, 0.6) is 0 Å². The predicted octanol–water partition coefficient (Wildman–Crippen LogP) is 0.716. The van der Waals surface area contributed by atoms with Crippen LogP contribution < -0.4 is 17.2 Å². The van der Waals surface area contributed by atoms with Gasteiger partial charge in [-0.05, 0) is 36.0 Å². The molecule has 0 radical (unpaired) electrons. The Hall–Kier alpha value is -1.06. The Balaban J connectivity index is 2.44. The van der Waals surface area contributed by atoms with E-state index in [9.17, 15) is 0 Å². The molecule has 0 fully saturated rings. The van der Waals surface area contributed by atoms with Crippen molar-refractivity contribution in [2.24, 2.45) is 11.5 Å². The van der Waals surface area contributed by atoms with Gasteiger partial charge in [-0.3, -0.25) is 0 Å². The highest BCUT2D eigenvalue weighted by molar-refractivity contribution is 5.59. The van der Waals surface area contributed by atoms with Crippen molar-refractivity contribution in [1.82, 2.24) is 0 Å². The summed E-state index contributed by atoms with van der Waals surface area (Å²) in [5.74, 6) is 0. The van der Waals surface area contributed by atoms with Crippen LogP contribution in [0.25, 0.3) is 0 Å². The lowest BCUT2D eigenvalue weighted by molar-refractivity contribution is 0.738. The lowest BCUT2D eigenvalue weighted by Crippen LogP contribution is -2.22. The molecule has 3 heteroatoms. The molecular weight excluding hydrogens is 174 g/mol. The summed E-state index contributed by atoms with van der Waals surface area (Å²) >= 11 is 0. The number of nitrogen functional groups attached to an aromatic ring is 1. The van der Waals surface area contributed by atoms with Gasteiger partial charge in [-0.15, -0.1) is 0 Å². The lowest BCUT2D eigenvalue weighted by Gasteiger charge is -2.15. The minimum atomic E-state index is -0.124. The van der Waals surface area contributed by atoms with Gasteiger partial charge in [0.2, 0.25) is 0 Å². The molecule has 1 aliphatic carbocycles. The summed E-state index contributed by atoms with van der Waals surface area (Å²) in [5.41, 5.74) is 22.1. The molecule has 0 heterocycles. The van der Waals surface area contributed by atoms with Crippen molar-refractivity contribution in [2.45, 2.75) is 25.3 Å². The molecule has 1 atom stereocenters. The first-order valence-corrected chi connectivity index (χ1v) is 5.09. The van der Waals surface area contributed by atoms with Gasteiger partial charge >= 0.3 is 0 Å². The Morgan fingerprint density at radius 1 is 1.29 bits per heavy atom. The molecule has 1 aliphatic rings. The molecule has 2 rings (SSSR count). The second-order valence-electron chi connectivity index (χ2n) is 3.90. The first-order valence-electron chi connectivity index (χ1n) is 5.09. The molecule has 0 unspecified atom stereocenters. The quantitative estimate of drug-likeness (QED) is 0.603. The van der Waals surface area contributed by atoms with Crippen molar-refractivity contribution in [1.29, 1.82) is 0 Å². The van der Waals surface area contributed by atoms with E-state index in [0.717, 1.165) is 24.1 Å². The van der Waals surface area contributed by atoms with Gasteiger partial charge in [0, 0.05) is 18.3 Å². The third-order valence-corrected chi connectivity index (χ3v) is 3.01. The summed E-state index contributed by atoms with van der Waals surface area (Å²) in [6.07, 6.45) is 3.45. The molecule has 0 saturated heterocycles. The van der Waals surface area contributed by atoms with Crippen LogP contribution in [0.2, 0.25) is 0 Å². The molecule has 0 aromatic heterocycles. The monoisotopic (exact) mass is 191 g/mol. The zero-order valence-corrected chi connectivity index (χ0v) is 8.29. The Labute approximate surface area is 84.3 Å². The van der Waals surface area contributed by atoms with Gasteiger partial charge in [-0.25, -0.2) is 0 Å². The van der Waals surface area contributed by atoms with Crippen molar-refractivity contribution in [3.63, 3.8) is 0 Å². The maximum absolute atomic E-state index is 6.08. The summed E-state index contributed by atoms with van der Waals surface area (Å²) in [5, 5.41) is 0. The average Bonchev–Trinajstić information content (AvgIpc) is 2.66. The minimum Gasteiger partial charge on any atom is -0.398 e. The summed E-state index contributed by atoms with van der Waals surface area (Å²) < 4.78 is 0. The fraction of sp³-hybridized carbons (Fsp3) is 0.455. The van der Waals surface area contributed by atoms with Gasteiger partial charge < -0.3 is 17.2 Å². The second kappa shape index (κ2) is 3.59. The zero-order chi connectivity index (χ0) is 10.1. The van der Waals surface area contributed by atoms with Crippen molar-refractivity contribution >= 4 is 5.69 Å². The molecule has 76 valence electrons. The molecule has 6 N–H and O–H groups in total. The summed E-state index contributed by atoms with van der Waals surface area (Å²) in [4.78, 5) is 0. The van der Waals surface area contributed by atoms with Crippen LogP contribution in [0.4, 0.5) is 5.69 Å². The first kappa shape index (κ1) is 9.49. The van der Waals surface area contributed by atoms with Crippen LogP contribution in [0, 0.1) is 0 Å². The van der Waals surface area contributed by atoms with E-state index in [4.69, 9.17) is 17.2 Å². The third-order valence-electron chi connectivity index (χ3n) is 3.01. The van der Waals surface area contributed by atoms with E-state index in [1.54, 1.807) is 0 Å². The van der Waals surface area contributed by atoms with E-state index in [2.05, 4.69) is 6.07 Å². The molecular formula is C11H17N3. The van der Waals surface area contributed by atoms with E-state index in [1.165, 1.54) is 17.5 Å². The molecule has 0 spiro atoms. The summed E-state index contributed by atoms with van der Waals surface area (Å²) in [6, 6.07) is 4.04. The van der Waals surface area contributed by atoms with Gasteiger partial charge in [0.25, 0.3) is 0 Å². The third kappa shape index (κ3) is 1.38. The highest BCUT2D eigenvalue weighted by Gasteiger charge is 2.17. The first-order chi connectivity index (χ1) is 6.74. The molecule has 0 aliphatic heterocycles. The second-order valence-corrected chi connectivity index (χ2v) is 3.90. The standard InChI is InChI=1S/C11H17N3/c12-6-10(13)9-5-4-7-2-1-3-8(7)11(9)14/h4-5,10H,1-3,6,12-14H2/t10-/m1/s1. The molecule has 1 aromatic carbocycles. The summed E-state index contributed by atoms with van der Waals surface area (Å²) in [6.45, 7) is 0.447. The number of hydrogen-bond donors (Lipinski definition) is 3. The highest BCUT2D eigenvalue weighted by Crippen LogP contribution is 2.31. The summed E-state index contributed by atoms with van der Waals surface area (Å²) in [7, 11) is 0. The van der Waals surface area contributed by atoms with Gasteiger partial charge in [-0.1, -0.05) is 12.1 Å². The largest absolute Gasteiger partial charge is 0.398 e. The van der Waals surface area contributed by atoms with Crippen LogP contribution in [-0.4, -0.2) is 6.54 Å². The normalized spacial score (nSPS) is 16.7. The molecule has 0 amide bonds. The number of fused-ring (bicyclic) bond motifs is 1. The lowest BCUT2D eigenvalue weighted by atomic mass is 9.98. The number of rotatable bonds is 2. The van der Waals surface area contributed by atoms with E-state index < -0.39 is 0 Å². The zero-order valence-electron chi connectivity index (χ0n) is 8.29. The average molecular weight is 191 g/mol. The van der Waals surface area contributed by atoms with Gasteiger partial charge in [0.15, 0.2) is 0 Å². The van der Waals surface area contributed by atoms with Crippen molar-refractivity contribution < 1.29 is 0 Å². The topological polar surface area (TPSA) is 78.1 Å². The fourth-order valence-electron chi connectivity index (χ4n) is 2.16. The predicted molar refractivity (Wildman–Crippen MR) is 58.9 cm³/mol. The fourth-order valence-corrected chi connectivity index (χ4v) is 2.16. The SMILES string of the molecule is NC[C@@H](N)c1ccc2c(c1N)CCC2. The highest BCUT2D eigenvalue weighted by atomic mass is 14.7. The maximum Gasteiger partial charge on any atom is 0.0440 e. The van der Waals surface area contributed by atoms with Crippen molar-refractivity contribution in [3.8, 4) is 0 Å². The van der Waals surface area contributed by atoms with Crippen LogP contribution >= 0.6 is 0 Å². The maximum atomic E-state index is 6.08. The number of nitrogens with two attached hydrogens (primary N) is 3. The van der Waals surface area contributed by atoms with Gasteiger partial charge in [0.1, 0.15) is 0 Å². The Bertz CT molecular complexity index is 347. The van der Waals surface area contributed by atoms with Gasteiger partial charge in [0.05, 0.1) is 0 Å². The van der Waals surface area contributed by atoms with E-state index in [1.807, 2.05) is 6.07 Å². The Morgan fingerprint density at radius 2 is 2.07 bits per heavy atom.